The molecule has 2 aliphatic heterocycles. The number of rotatable bonds is 14. The molecule has 2 fully saturated rings. The van der Waals surface area contributed by atoms with Crippen LogP contribution in [0.15, 0.2) is 0 Å². The van der Waals surface area contributed by atoms with Crippen LogP contribution in [0.5, 0.6) is 0 Å². The molecule has 0 radical (unpaired) electrons. The van der Waals surface area contributed by atoms with Crippen LogP contribution in [-0.4, -0.2) is 49.6 Å². The minimum atomic E-state index is -0.405. The molecule has 6 nitrogen and oxygen atoms in total. The fourth-order valence-electron chi connectivity index (χ4n) is 4.08. The number of fused-ring (bicyclic) bond motifs is 1. The van der Waals surface area contributed by atoms with Crippen molar-refractivity contribution in [1.82, 2.24) is 0 Å². The summed E-state index contributed by atoms with van der Waals surface area (Å²) >= 11 is 0. The van der Waals surface area contributed by atoms with Crippen molar-refractivity contribution in [2.24, 2.45) is 11.8 Å². The number of hydrogen-bond acceptors (Lipinski definition) is 6. The SMILES string of the molecule is CC(C)CCCCCC(=O)O[C@H]1CO[C@H]2[C@@H]1OC[C@H]2OC(=O)CCCCCC(C)C. The van der Waals surface area contributed by atoms with E-state index >= 15 is 0 Å². The van der Waals surface area contributed by atoms with E-state index in [1.54, 1.807) is 0 Å². The van der Waals surface area contributed by atoms with Gasteiger partial charge in [0.25, 0.3) is 0 Å². The first-order valence-electron chi connectivity index (χ1n) is 12.0. The van der Waals surface area contributed by atoms with Gasteiger partial charge in [0.1, 0.15) is 12.2 Å². The first kappa shape index (κ1) is 25.1. The molecule has 6 heteroatoms. The van der Waals surface area contributed by atoms with E-state index < -0.39 is 12.2 Å². The Morgan fingerprint density at radius 3 is 1.47 bits per heavy atom. The molecular weight excluding hydrogens is 384 g/mol. The Kier molecular flexibility index (Phi) is 11.1. The van der Waals surface area contributed by atoms with Crippen LogP contribution in [0.2, 0.25) is 0 Å². The maximum atomic E-state index is 12.1. The third-order valence-corrected chi connectivity index (χ3v) is 5.85. The molecule has 174 valence electrons. The highest BCUT2D eigenvalue weighted by atomic mass is 16.7. The Balaban J connectivity index is 1.61. The molecule has 2 rings (SSSR count). The fraction of sp³-hybridized carbons (Fsp3) is 0.917. The van der Waals surface area contributed by atoms with Gasteiger partial charge < -0.3 is 18.9 Å². The molecule has 4 atom stereocenters. The zero-order valence-corrected chi connectivity index (χ0v) is 19.4. The molecule has 2 saturated heterocycles. The summed E-state index contributed by atoms with van der Waals surface area (Å²) in [5.74, 6) is 1.02. The van der Waals surface area contributed by atoms with E-state index in [1.165, 1.54) is 12.8 Å². The Bertz CT molecular complexity index is 472. The van der Waals surface area contributed by atoms with Crippen molar-refractivity contribution in [3.05, 3.63) is 0 Å². The lowest BCUT2D eigenvalue weighted by Gasteiger charge is -2.17. The lowest BCUT2D eigenvalue weighted by molar-refractivity contribution is -0.155. The summed E-state index contributed by atoms with van der Waals surface area (Å²) in [4.78, 5) is 24.3. The van der Waals surface area contributed by atoms with Gasteiger partial charge in [0.15, 0.2) is 12.2 Å². The maximum absolute atomic E-state index is 12.1. The summed E-state index contributed by atoms with van der Waals surface area (Å²) in [6, 6.07) is 0. The zero-order valence-electron chi connectivity index (χ0n) is 19.4. The third-order valence-electron chi connectivity index (χ3n) is 5.85. The van der Waals surface area contributed by atoms with Crippen LogP contribution < -0.4 is 0 Å². The summed E-state index contributed by atoms with van der Waals surface area (Å²) < 4.78 is 22.7. The molecule has 0 amide bonds. The van der Waals surface area contributed by atoms with E-state index in [0.29, 0.717) is 37.9 Å². The van der Waals surface area contributed by atoms with Crippen LogP contribution >= 0.6 is 0 Å². The van der Waals surface area contributed by atoms with Crippen molar-refractivity contribution in [3.63, 3.8) is 0 Å². The second kappa shape index (κ2) is 13.3. The second-order valence-electron chi connectivity index (χ2n) is 9.64. The highest BCUT2D eigenvalue weighted by Crippen LogP contribution is 2.31. The lowest BCUT2D eigenvalue weighted by Crippen LogP contribution is -2.35. The van der Waals surface area contributed by atoms with Crippen LogP contribution in [0.1, 0.15) is 91.9 Å². The first-order chi connectivity index (χ1) is 14.4. The van der Waals surface area contributed by atoms with Crippen molar-refractivity contribution < 1.29 is 28.5 Å². The summed E-state index contributed by atoms with van der Waals surface area (Å²) in [6.45, 7) is 9.46. The Morgan fingerprint density at radius 2 is 1.10 bits per heavy atom. The van der Waals surface area contributed by atoms with E-state index in [4.69, 9.17) is 18.9 Å². The topological polar surface area (TPSA) is 71.1 Å². The van der Waals surface area contributed by atoms with Gasteiger partial charge >= 0.3 is 11.9 Å². The minimum absolute atomic E-state index is 0.195. The van der Waals surface area contributed by atoms with Gasteiger partial charge in [0, 0.05) is 12.8 Å². The monoisotopic (exact) mass is 426 g/mol. The molecule has 0 saturated carbocycles. The van der Waals surface area contributed by atoms with Gasteiger partial charge in [0.2, 0.25) is 0 Å². The van der Waals surface area contributed by atoms with Gasteiger partial charge in [-0.2, -0.15) is 0 Å². The van der Waals surface area contributed by atoms with Crippen molar-refractivity contribution in [2.75, 3.05) is 13.2 Å². The van der Waals surface area contributed by atoms with Gasteiger partial charge in [-0.3, -0.25) is 9.59 Å². The van der Waals surface area contributed by atoms with Crippen molar-refractivity contribution in [2.45, 2.75) is 116 Å². The van der Waals surface area contributed by atoms with Crippen LogP contribution in [0, 0.1) is 11.8 Å². The number of ether oxygens (including phenoxy) is 4. The van der Waals surface area contributed by atoms with E-state index in [9.17, 15) is 9.59 Å². The molecule has 0 aromatic carbocycles. The molecular formula is C24H42O6. The quantitative estimate of drug-likeness (QED) is 0.293. The van der Waals surface area contributed by atoms with E-state index in [-0.39, 0.29) is 24.1 Å². The summed E-state index contributed by atoms with van der Waals surface area (Å²) in [7, 11) is 0. The van der Waals surface area contributed by atoms with Crippen molar-refractivity contribution in [3.8, 4) is 0 Å². The van der Waals surface area contributed by atoms with Crippen LogP contribution in [0.3, 0.4) is 0 Å². The van der Waals surface area contributed by atoms with Crippen molar-refractivity contribution in [1.29, 1.82) is 0 Å². The second-order valence-corrected chi connectivity index (χ2v) is 9.64. The minimum Gasteiger partial charge on any atom is -0.457 e. The molecule has 0 N–H and O–H groups in total. The van der Waals surface area contributed by atoms with E-state index in [2.05, 4.69) is 27.7 Å². The summed E-state index contributed by atoms with van der Waals surface area (Å²) in [5, 5.41) is 0. The predicted molar refractivity (Wildman–Crippen MR) is 115 cm³/mol. The molecule has 0 unspecified atom stereocenters. The maximum Gasteiger partial charge on any atom is 0.306 e. The predicted octanol–water partition coefficient (Wildman–Crippen LogP) is 4.82. The Hall–Kier alpha value is -1.14. The van der Waals surface area contributed by atoms with Gasteiger partial charge in [-0.05, 0) is 24.7 Å². The molecule has 2 aliphatic rings. The highest BCUT2D eigenvalue weighted by Gasteiger charge is 2.51. The van der Waals surface area contributed by atoms with Gasteiger partial charge in [-0.25, -0.2) is 0 Å². The molecule has 0 spiro atoms. The molecule has 2 heterocycles. The molecule has 0 bridgehead atoms. The standard InChI is InChI=1S/C24H42O6/c1-17(2)11-7-5-9-13-21(25)29-19-15-27-24-20(16-28-23(19)24)30-22(26)14-10-6-8-12-18(3)4/h17-20,23-24H,5-16H2,1-4H3/t19-,20+,23-,24-/m1/s1. The number of carbonyl (C=O) groups excluding carboxylic acids is 2. The highest BCUT2D eigenvalue weighted by molar-refractivity contribution is 5.70. The van der Waals surface area contributed by atoms with Crippen LogP contribution in [-0.2, 0) is 28.5 Å². The number of hydrogen-bond donors (Lipinski definition) is 0. The molecule has 0 aliphatic carbocycles. The first-order valence-corrected chi connectivity index (χ1v) is 12.0. The summed E-state index contributed by atoms with van der Waals surface area (Å²) in [5.41, 5.74) is 0. The fourth-order valence-corrected chi connectivity index (χ4v) is 4.08. The molecule has 0 aromatic rings. The van der Waals surface area contributed by atoms with Crippen LogP contribution in [0.25, 0.3) is 0 Å². The van der Waals surface area contributed by atoms with Crippen molar-refractivity contribution >= 4 is 11.9 Å². The van der Waals surface area contributed by atoms with E-state index in [1.807, 2.05) is 0 Å². The average molecular weight is 427 g/mol. The Labute approximate surface area is 182 Å². The van der Waals surface area contributed by atoms with E-state index in [0.717, 1.165) is 38.5 Å². The molecule has 0 aromatic heterocycles. The van der Waals surface area contributed by atoms with Gasteiger partial charge in [0.05, 0.1) is 13.2 Å². The van der Waals surface area contributed by atoms with Gasteiger partial charge in [-0.15, -0.1) is 0 Å². The van der Waals surface area contributed by atoms with Crippen LogP contribution in [0.4, 0.5) is 0 Å². The Morgan fingerprint density at radius 1 is 0.700 bits per heavy atom. The zero-order chi connectivity index (χ0) is 21.9. The lowest BCUT2D eigenvalue weighted by atomic mass is 10.0. The number of carbonyl (C=O) groups is 2. The number of unbranched alkanes of at least 4 members (excludes halogenated alkanes) is 4. The molecule has 30 heavy (non-hydrogen) atoms. The number of esters is 2. The van der Waals surface area contributed by atoms with Gasteiger partial charge in [-0.1, -0.05) is 66.2 Å². The largest absolute Gasteiger partial charge is 0.457 e. The average Bonchev–Trinajstić information content (AvgIpc) is 3.24. The normalized spacial score (nSPS) is 25.7. The smallest absolute Gasteiger partial charge is 0.306 e. The third kappa shape index (κ3) is 8.93. The summed E-state index contributed by atoms with van der Waals surface area (Å²) in [6.07, 6.45) is 7.88.